The minimum Gasteiger partial charge on any atom is -0.504 e. The lowest BCUT2D eigenvalue weighted by Crippen LogP contribution is -2.04. The summed E-state index contributed by atoms with van der Waals surface area (Å²) in [6.45, 7) is 1.92. The Morgan fingerprint density at radius 2 is 1.90 bits per heavy atom. The van der Waals surface area contributed by atoms with Crippen LogP contribution in [0.4, 0.5) is 0 Å². The number of carbonyl (C=O) groups is 1. The molecule has 2 aromatic rings. The Hall–Kier alpha value is -2.80. The average Bonchev–Trinajstić information content (AvgIpc) is 2.47. The molecule has 4 nitrogen and oxygen atoms in total. The first-order valence-corrected chi connectivity index (χ1v) is 5.99. The molecule has 0 fully saturated rings. The second-order valence-electron chi connectivity index (χ2n) is 4.38. The standard InChI is InChI=1S/C16H13NO3/c1-10-3-5-11(6-4-10)16(19)13-8-14(18)15(20-2)7-12(13)9-17/h3-8,18H,1-2H3. The minimum absolute atomic E-state index is 0.162. The predicted octanol–water partition coefficient (Wildman–Crippen LogP) is 2.81. The lowest BCUT2D eigenvalue weighted by molar-refractivity contribution is 0.103. The Labute approximate surface area is 116 Å². The summed E-state index contributed by atoms with van der Waals surface area (Å²) in [6.07, 6.45) is 0. The molecule has 1 N–H and O–H groups in total. The van der Waals surface area contributed by atoms with Gasteiger partial charge in [0.05, 0.1) is 12.7 Å². The van der Waals surface area contributed by atoms with Crippen LogP contribution < -0.4 is 4.74 Å². The first kappa shape index (κ1) is 13.6. The first-order valence-electron chi connectivity index (χ1n) is 5.99. The van der Waals surface area contributed by atoms with E-state index in [4.69, 9.17) is 10.00 Å². The number of aromatic hydroxyl groups is 1. The number of aryl methyl sites for hydroxylation is 1. The van der Waals surface area contributed by atoms with Crippen molar-refractivity contribution in [3.63, 3.8) is 0 Å². The summed E-state index contributed by atoms with van der Waals surface area (Å²) in [7, 11) is 1.39. The van der Waals surface area contributed by atoms with Gasteiger partial charge in [-0.25, -0.2) is 0 Å². The summed E-state index contributed by atoms with van der Waals surface area (Å²) in [5.41, 5.74) is 1.84. The van der Waals surface area contributed by atoms with E-state index in [0.717, 1.165) is 5.56 Å². The van der Waals surface area contributed by atoms with E-state index in [1.54, 1.807) is 12.1 Å². The maximum Gasteiger partial charge on any atom is 0.194 e. The van der Waals surface area contributed by atoms with Crippen LogP contribution in [0.15, 0.2) is 36.4 Å². The van der Waals surface area contributed by atoms with Crippen LogP contribution in [0.1, 0.15) is 27.0 Å². The van der Waals surface area contributed by atoms with Gasteiger partial charge in [0.2, 0.25) is 0 Å². The number of benzene rings is 2. The fraction of sp³-hybridized carbons (Fsp3) is 0.125. The van der Waals surface area contributed by atoms with Crippen LogP contribution >= 0.6 is 0 Å². The van der Waals surface area contributed by atoms with Crippen molar-refractivity contribution in [2.45, 2.75) is 6.92 Å². The largest absolute Gasteiger partial charge is 0.504 e. The van der Waals surface area contributed by atoms with Gasteiger partial charge in [0.25, 0.3) is 0 Å². The van der Waals surface area contributed by atoms with Crippen molar-refractivity contribution < 1.29 is 14.6 Å². The maximum absolute atomic E-state index is 12.4. The van der Waals surface area contributed by atoms with Gasteiger partial charge in [-0.3, -0.25) is 4.79 Å². The van der Waals surface area contributed by atoms with Crippen molar-refractivity contribution in [2.24, 2.45) is 0 Å². The van der Waals surface area contributed by atoms with Gasteiger partial charge >= 0.3 is 0 Å². The molecule has 0 unspecified atom stereocenters. The zero-order valence-electron chi connectivity index (χ0n) is 11.2. The highest BCUT2D eigenvalue weighted by Gasteiger charge is 2.17. The van der Waals surface area contributed by atoms with E-state index < -0.39 is 0 Å². The number of ketones is 1. The molecule has 0 aliphatic carbocycles. The van der Waals surface area contributed by atoms with Crippen LogP contribution in [-0.2, 0) is 0 Å². The van der Waals surface area contributed by atoms with Crippen molar-refractivity contribution in [3.8, 4) is 17.6 Å². The molecule has 0 heterocycles. The van der Waals surface area contributed by atoms with Crippen LogP contribution in [-0.4, -0.2) is 18.0 Å². The zero-order valence-corrected chi connectivity index (χ0v) is 11.2. The molecule has 2 rings (SSSR count). The number of carbonyl (C=O) groups excluding carboxylic acids is 1. The number of hydrogen-bond acceptors (Lipinski definition) is 4. The van der Waals surface area contributed by atoms with Crippen molar-refractivity contribution in [2.75, 3.05) is 7.11 Å². The lowest BCUT2D eigenvalue weighted by atomic mass is 9.97. The third kappa shape index (κ3) is 2.47. The van der Waals surface area contributed by atoms with Crippen LogP contribution in [0.2, 0.25) is 0 Å². The van der Waals surface area contributed by atoms with Crippen molar-refractivity contribution in [1.29, 1.82) is 5.26 Å². The van der Waals surface area contributed by atoms with Gasteiger partial charge in [0.1, 0.15) is 6.07 Å². The average molecular weight is 267 g/mol. The quantitative estimate of drug-likeness (QED) is 0.868. The molecule has 0 saturated carbocycles. The second-order valence-corrected chi connectivity index (χ2v) is 4.38. The monoisotopic (exact) mass is 267 g/mol. The van der Waals surface area contributed by atoms with Gasteiger partial charge in [-0.1, -0.05) is 29.8 Å². The van der Waals surface area contributed by atoms with Crippen molar-refractivity contribution in [3.05, 3.63) is 58.7 Å². The number of methoxy groups -OCH3 is 1. The Morgan fingerprint density at radius 1 is 1.25 bits per heavy atom. The predicted molar refractivity (Wildman–Crippen MR) is 74.0 cm³/mol. The maximum atomic E-state index is 12.4. The van der Waals surface area contributed by atoms with Crippen molar-refractivity contribution >= 4 is 5.78 Å². The summed E-state index contributed by atoms with van der Waals surface area (Å²) in [6, 6.07) is 11.6. The summed E-state index contributed by atoms with van der Waals surface area (Å²) in [5.74, 6) is -0.302. The van der Waals surface area contributed by atoms with Crippen LogP contribution in [0.25, 0.3) is 0 Å². The molecule has 20 heavy (non-hydrogen) atoms. The molecule has 0 aromatic heterocycles. The van der Waals surface area contributed by atoms with Crippen molar-refractivity contribution in [1.82, 2.24) is 0 Å². The highest BCUT2D eigenvalue weighted by Crippen LogP contribution is 2.30. The molecule has 0 aliphatic rings. The third-order valence-electron chi connectivity index (χ3n) is 3.00. The highest BCUT2D eigenvalue weighted by molar-refractivity contribution is 6.10. The molecule has 0 aliphatic heterocycles. The smallest absolute Gasteiger partial charge is 0.194 e. The number of rotatable bonds is 3. The molecule has 4 heteroatoms. The van der Waals surface area contributed by atoms with E-state index in [-0.39, 0.29) is 28.4 Å². The first-order chi connectivity index (χ1) is 9.56. The van der Waals surface area contributed by atoms with Crippen LogP contribution in [0.5, 0.6) is 11.5 Å². The second kappa shape index (κ2) is 5.45. The van der Waals surface area contributed by atoms with E-state index in [2.05, 4.69) is 0 Å². The Bertz CT molecular complexity index is 697. The number of hydrogen-bond donors (Lipinski definition) is 1. The molecule has 0 amide bonds. The molecule has 0 saturated heterocycles. The number of nitrogens with zero attached hydrogens (tertiary/aromatic N) is 1. The van der Waals surface area contributed by atoms with Gasteiger partial charge in [0.15, 0.2) is 17.3 Å². The molecule has 0 radical (unpaired) electrons. The van der Waals surface area contributed by atoms with Crippen LogP contribution in [0.3, 0.4) is 0 Å². The summed E-state index contributed by atoms with van der Waals surface area (Å²) < 4.78 is 4.93. The Morgan fingerprint density at radius 3 is 2.45 bits per heavy atom. The number of phenolic OH excluding ortho intramolecular Hbond substituents is 1. The molecule has 0 bridgehead atoms. The molecule has 0 atom stereocenters. The zero-order chi connectivity index (χ0) is 14.7. The molecule has 0 spiro atoms. The summed E-state index contributed by atoms with van der Waals surface area (Å²) >= 11 is 0. The van der Waals surface area contributed by atoms with E-state index in [0.29, 0.717) is 5.56 Å². The topological polar surface area (TPSA) is 70.3 Å². The Balaban J connectivity index is 2.52. The fourth-order valence-electron chi connectivity index (χ4n) is 1.87. The van der Waals surface area contributed by atoms with Gasteiger partial charge in [0, 0.05) is 17.2 Å². The molecule has 2 aromatic carbocycles. The third-order valence-corrected chi connectivity index (χ3v) is 3.00. The minimum atomic E-state index is -0.306. The lowest BCUT2D eigenvalue weighted by Gasteiger charge is -2.08. The van der Waals surface area contributed by atoms with Gasteiger partial charge < -0.3 is 9.84 Å². The normalized spacial score (nSPS) is 9.85. The van der Waals surface area contributed by atoms with E-state index >= 15 is 0 Å². The molecule has 100 valence electrons. The van der Waals surface area contributed by atoms with Crippen LogP contribution in [0, 0.1) is 18.3 Å². The SMILES string of the molecule is COc1cc(C#N)c(C(=O)c2ccc(C)cc2)cc1O. The van der Waals surface area contributed by atoms with E-state index in [1.807, 2.05) is 25.1 Å². The van der Waals surface area contributed by atoms with E-state index in [9.17, 15) is 9.90 Å². The Kier molecular flexibility index (Phi) is 3.72. The molecular weight excluding hydrogens is 254 g/mol. The fourth-order valence-corrected chi connectivity index (χ4v) is 1.87. The number of phenols is 1. The van der Waals surface area contributed by atoms with E-state index in [1.165, 1.54) is 19.2 Å². The highest BCUT2D eigenvalue weighted by atomic mass is 16.5. The summed E-state index contributed by atoms with van der Waals surface area (Å²) in [5, 5.41) is 18.9. The number of ether oxygens (including phenoxy) is 1. The van der Waals surface area contributed by atoms with Gasteiger partial charge in [-0.2, -0.15) is 5.26 Å². The molecular formula is C16H13NO3. The van der Waals surface area contributed by atoms with Gasteiger partial charge in [-0.15, -0.1) is 0 Å². The number of nitriles is 1. The summed E-state index contributed by atoms with van der Waals surface area (Å²) in [4.78, 5) is 12.4. The van der Waals surface area contributed by atoms with Gasteiger partial charge in [-0.05, 0) is 13.0 Å².